The van der Waals surface area contributed by atoms with E-state index in [0.29, 0.717) is 6.54 Å². The van der Waals surface area contributed by atoms with Gasteiger partial charge in [-0.25, -0.2) is 0 Å². The molecule has 1 amide bonds. The molecule has 156 valence electrons. The number of rotatable bonds is 8. The quantitative estimate of drug-likeness (QED) is 0.679. The topological polar surface area (TPSA) is 44.8 Å². The van der Waals surface area contributed by atoms with Crippen LogP contribution < -0.4 is 15.0 Å². The van der Waals surface area contributed by atoms with Crippen LogP contribution in [0, 0.1) is 13.8 Å². The van der Waals surface area contributed by atoms with Gasteiger partial charge in [0, 0.05) is 37.6 Å². The summed E-state index contributed by atoms with van der Waals surface area (Å²) in [6.07, 6.45) is 2.17. The van der Waals surface area contributed by atoms with E-state index in [4.69, 9.17) is 4.74 Å². The smallest absolute Gasteiger partial charge is 0.238 e. The zero-order valence-corrected chi connectivity index (χ0v) is 17.9. The van der Waals surface area contributed by atoms with Gasteiger partial charge in [0.05, 0.1) is 13.2 Å². The zero-order chi connectivity index (χ0) is 20.6. The Bertz CT molecular complexity index is 796. The molecule has 29 heavy (non-hydrogen) atoms. The molecule has 5 heteroatoms. The monoisotopic (exact) mass is 395 g/mol. The molecule has 2 aromatic carbocycles. The normalized spacial score (nSPS) is 14.7. The Kier molecular flexibility index (Phi) is 7.53. The van der Waals surface area contributed by atoms with Gasteiger partial charge in [0.2, 0.25) is 5.91 Å². The van der Waals surface area contributed by atoms with Gasteiger partial charge in [0.15, 0.2) is 0 Å². The molecule has 0 radical (unpaired) electrons. The Balaban J connectivity index is 1.43. The average Bonchev–Trinajstić information content (AvgIpc) is 2.70. The number of aryl methyl sites for hydroxylation is 2. The first-order valence-electron chi connectivity index (χ1n) is 10.6. The van der Waals surface area contributed by atoms with Crippen LogP contribution in [0.15, 0.2) is 42.5 Å². The van der Waals surface area contributed by atoms with Gasteiger partial charge in [-0.1, -0.05) is 31.0 Å². The summed E-state index contributed by atoms with van der Waals surface area (Å²) < 4.78 is 5.66. The number of carbonyl (C=O) groups is 1. The fraction of sp³-hybridized carbons (Fsp3) is 0.458. The van der Waals surface area contributed by atoms with E-state index in [0.717, 1.165) is 57.1 Å². The van der Waals surface area contributed by atoms with Crippen LogP contribution in [0.4, 0.5) is 11.4 Å². The number of unbranched alkanes of at least 4 members (excludes halogenated alkanes) is 1. The molecule has 0 aromatic heterocycles. The molecule has 1 saturated heterocycles. The number of anilines is 2. The van der Waals surface area contributed by atoms with E-state index in [1.54, 1.807) is 0 Å². The first-order valence-corrected chi connectivity index (χ1v) is 10.6. The highest BCUT2D eigenvalue weighted by Gasteiger charge is 2.20. The number of piperazine rings is 1. The van der Waals surface area contributed by atoms with E-state index >= 15 is 0 Å². The third-order valence-corrected chi connectivity index (χ3v) is 5.34. The molecular weight excluding hydrogens is 362 g/mol. The van der Waals surface area contributed by atoms with Crippen LogP contribution in [0.3, 0.4) is 0 Å². The Morgan fingerprint density at radius 2 is 1.76 bits per heavy atom. The van der Waals surface area contributed by atoms with Crippen molar-refractivity contribution in [2.75, 3.05) is 49.5 Å². The predicted octanol–water partition coefficient (Wildman–Crippen LogP) is 4.24. The third-order valence-electron chi connectivity index (χ3n) is 5.34. The Morgan fingerprint density at radius 3 is 2.41 bits per heavy atom. The van der Waals surface area contributed by atoms with Crippen molar-refractivity contribution < 1.29 is 9.53 Å². The molecule has 1 aliphatic rings. The minimum Gasteiger partial charge on any atom is -0.494 e. The van der Waals surface area contributed by atoms with Gasteiger partial charge in [-0.3, -0.25) is 9.69 Å². The summed E-state index contributed by atoms with van der Waals surface area (Å²) in [5.74, 6) is 0.878. The highest BCUT2D eigenvalue weighted by Crippen LogP contribution is 2.22. The fourth-order valence-electron chi connectivity index (χ4n) is 3.68. The van der Waals surface area contributed by atoms with Crippen LogP contribution in [0.25, 0.3) is 0 Å². The first-order chi connectivity index (χ1) is 14.0. The van der Waals surface area contributed by atoms with Gasteiger partial charge < -0.3 is 15.0 Å². The molecule has 2 aromatic rings. The summed E-state index contributed by atoms with van der Waals surface area (Å²) in [5.41, 5.74) is 4.73. The van der Waals surface area contributed by atoms with Crippen LogP contribution in [-0.2, 0) is 4.79 Å². The predicted molar refractivity (Wildman–Crippen MR) is 120 cm³/mol. The molecule has 1 fully saturated rings. The molecule has 0 unspecified atom stereocenters. The molecule has 0 spiro atoms. The van der Waals surface area contributed by atoms with Crippen molar-refractivity contribution in [1.29, 1.82) is 0 Å². The lowest BCUT2D eigenvalue weighted by molar-refractivity contribution is -0.117. The third kappa shape index (κ3) is 6.23. The Morgan fingerprint density at radius 1 is 1.03 bits per heavy atom. The van der Waals surface area contributed by atoms with Crippen molar-refractivity contribution in [3.05, 3.63) is 53.6 Å². The van der Waals surface area contributed by atoms with Crippen LogP contribution >= 0.6 is 0 Å². The molecule has 1 heterocycles. The van der Waals surface area contributed by atoms with Crippen LogP contribution in [0.1, 0.15) is 30.9 Å². The van der Waals surface area contributed by atoms with Gasteiger partial charge in [0.1, 0.15) is 5.75 Å². The number of hydrogen-bond acceptors (Lipinski definition) is 4. The number of nitrogens with zero attached hydrogens (tertiary/aromatic N) is 2. The van der Waals surface area contributed by atoms with E-state index < -0.39 is 0 Å². The Labute approximate surface area is 174 Å². The second kappa shape index (κ2) is 10.3. The van der Waals surface area contributed by atoms with Crippen molar-refractivity contribution in [2.24, 2.45) is 0 Å². The summed E-state index contributed by atoms with van der Waals surface area (Å²) in [6.45, 7) is 11.3. The molecule has 0 aliphatic carbocycles. The molecular formula is C24H33N3O2. The number of amides is 1. The second-order valence-corrected chi connectivity index (χ2v) is 7.83. The van der Waals surface area contributed by atoms with E-state index in [-0.39, 0.29) is 5.91 Å². The zero-order valence-electron chi connectivity index (χ0n) is 17.9. The van der Waals surface area contributed by atoms with Crippen molar-refractivity contribution in [3.63, 3.8) is 0 Å². The molecule has 3 rings (SSSR count). The van der Waals surface area contributed by atoms with Crippen LogP contribution in [-0.4, -0.2) is 50.1 Å². The largest absolute Gasteiger partial charge is 0.494 e. The maximum atomic E-state index is 12.4. The minimum absolute atomic E-state index is 0.0321. The minimum atomic E-state index is 0.0321. The number of ether oxygens (including phenoxy) is 1. The van der Waals surface area contributed by atoms with Crippen LogP contribution in [0.5, 0.6) is 5.75 Å². The second-order valence-electron chi connectivity index (χ2n) is 7.83. The van der Waals surface area contributed by atoms with Gasteiger partial charge in [-0.2, -0.15) is 0 Å². The number of nitrogens with one attached hydrogen (secondary N) is 1. The highest BCUT2D eigenvalue weighted by atomic mass is 16.5. The summed E-state index contributed by atoms with van der Waals surface area (Å²) >= 11 is 0. The molecule has 0 atom stereocenters. The summed E-state index contributed by atoms with van der Waals surface area (Å²) in [5, 5.41) is 2.99. The van der Waals surface area contributed by atoms with E-state index in [1.807, 2.05) is 24.3 Å². The van der Waals surface area contributed by atoms with Gasteiger partial charge in [-0.15, -0.1) is 0 Å². The lowest BCUT2D eigenvalue weighted by atomic mass is 10.1. The molecule has 5 nitrogen and oxygen atoms in total. The van der Waals surface area contributed by atoms with Crippen molar-refractivity contribution in [1.82, 2.24) is 4.90 Å². The van der Waals surface area contributed by atoms with E-state index in [1.165, 1.54) is 16.8 Å². The maximum Gasteiger partial charge on any atom is 0.238 e. The van der Waals surface area contributed by atoms with Gasteiger partial charge >= 0.3 is 0 Å². The van der Waals surface area contributed by atoms with Crippen molar-refractivity contribution in [3.8, 4) is 5.75 Å². The molecule has 0 saturated carbocycles. The van der Waals surface area contributed by atoms with Gasteiger partial charge in [0.25, 0.3) is 0 Å². The van der Waals surface area contributed by atoms with Crippen molar-refractivity contribution >= 4 is 17.3 Å². The number of benzene rings is 2. The van der Waals surface area contributed by atoms with Crippen molar-refractivity contribution in [2.45, 2.75) is 33.6 Å². The standard InChI is InChI=1S/C24H33N3O2/c1-4-5-16-29-22-9-7-21(8-10-22)25-24(28)18-26-12-14-27(15-13-26)23-11-6-19(2)17-20(23)3/h6-11,17H,4-5,12-16,18H2,1-3H3,(H,25,28). The number of hydrogen-bond donors (Lipinski definition) is 1. The lowest BCUT2D eigenvalue weighted by Gasteiger charge is -2.36. The summed E-state index contributed by atoms with van der Waals surface area (Å²) in [7, 11) is 0. The fourth-order valence-corrected chi connectivity index (χ4v) is 3.68. The summed E-state index contributed by atoms with van der Waals surface area (Å²) in [6, 6.07) is 14.2. The average molecular weight is 396 g/mol. The maximum absolute atomic E-state index is 12.4. The Hall–Kier alpha value is -2.53. The lowest BCUT2D eigenvalue weighted by Crippen LogP contribution is -2.48. The van der Waals surface area contributed by atoms with E-state index in [9.17, 15) is 4.79 Å². The highest BCUT2D eigenvalue weighted by molar-refractivity contribution is 5.92. The summed E-state index contributed by atoms with van der Waals surface area (Å²) in [4.78, 5) is 17.1. The molecule has 1 aliphatic heterocycles. The first kappa shape index (κ1) is 21.2. The van der Waals surface area contributed by atoms with Crippen LogP contribution in [0.2, 0.25) is 0 Å². The SMILES string of the molecule is CCCCOc1ccc(NC(=O)CN2CCN(c3ccc(C)cc3C)CC2)cc1. The van der Waals surface area contributed by atoms with E-state index in [2.05, 4.69) is 54.1 Å². The molecule has 1 N–H and O–H groups in total. The number of carbonyl (C=O) groups excluding carboxylic acids is 1. The van der Waals surface area contributed by atoms with Gasteiger partial charge in [-0.05, 0) is 56.2 Å². The molecule has 0 bridgehead atoms.